The average Bonchev–Trinajstić information content (AvgIpc) is 2.69. The first-order valence-electron chi connectivity index (χ1n) is 5.33. The van der Waals surface area contributed by atoms with E-state index < -0.39 is 11.4 Å². The van der Waals surface area contributed by atoms with Gasteiger partial charge in [-0.25, -0.2) is 0 Å². The van der Waals surface area contributed by atoms with Crippen LogP contribution in [0.5, 0.6) is 0 Å². The third-order valence-corrected chi connectivity index (χ3v) is 4.00. The summed E-state index contributed by atoms with van der Waals surface area (Å²) in [4.78, 5) is 23.7. The number of ketones is 1. The fraction of sp³-hybridized carbons (Fsp3) is 0.818. The van der Waals surface area contributed by atoms with E-state index in [1.165, 1.54) is 0 Å². The molecule has 0 amide bonds. The van der Waals surface area contributed by atoms with Crippen molar-refractivity contribution in [1.29, 1.82) is 0 Å². The maximum absolute atomic E-state index is 12.1. The fourth-order valence-corrected chi connectivity index (χ4v) is 3.00. The summed E-state index contributed by atoms with van der Waals surface area (Å²) in [6.07, 6.45) is 1.96. The van der Waals surface area contributed by atoms with Crippen molar-refractivity contribution in [3.05, 3.63) is 0 Å². The van der Waals surface area contributed by atoms with Crippen LogP contribution < -0.4 is 0 Å². The highest BCUT2D eigenvalue weighted by Crippen LogP contribution is 2.33. The topological polar surface area (TPSA) is 43.4 Å². The Labute approximate surface area is 94.9 Å². The zero-order valence-corrected chi connectivity index (χ0v) is 10.4. The van der Waals surface area contributed by atoms with Crippen molar-refractivity contribution < 1.29 is 14.3 Å². The lowest BCUT2D eigenvalue weighted by Gasteiger charge is -2.23. The van der Waals surface area contributed by atoms with Gasteiger partial charge in [-0.15, -0.1) is 0 Å². The second kappa shape index (κ2) is 5.01. The minimum Gasteiger partial charge on any atom is -0.465 e. The van der Waals surface area contributed by atoms with E-state index in [9.17, 15) is 9.59 Å². The molecule has 1 atom stereocenters. The molecule has 1 saturated heterocycles. The third-order valence-electron chi connectivity index (χ3n) is 2.62. The molecule has 0 N–H and O–H groups in total. The smallest absolute Gasteiger partial charge is 0.319 e. The number of hydrogen-bond donors (Lipinski definition) is 0. The number of carbonyl (C=O) groups excluding carboxylic acids is 2. The molecule has 0 spiro atoms. The number of carbonyl (C=O) groups is 2. The molecule has 0 saturated carbocycles. The van der Waals surface area contributed by atoms with Crippen molar-refractivity contribution in [3.8, 4) is 0 Å². The van der Waals surface area contributed by atoms with Crippen LogP contribution in [0.1, 0.15) is 33.6 Å². The maximum atomic E-state index is 12.1. The molecule has 1 heterocycles. The van der Waals surface area contributed by atoms with Gasteiger partial charge in [0.25, 0.3) is 0 Å². The summed E-state index contributed by atoms with van der Waals surface area (Å²) < 4.78 is 4.92. The summed E-state index contributed by atoms with van der Waals surface area (Å²) in [7, 11) is 0. The Morgan fingerprint density at radius 2 is 2.13 bits per heavy atom. The van der Waals surface area contributed by atoms with Crippen LogP contribution >= 0.6 is 11.8 Å². The second-order valence-corrected chi connectivity index (χ2v) is 5.52. The van der Waals surface area contributed by atoms with Crippen molar-refractivity contribution in [2.24, 2.45) is 5.41 Å². The van der Waals surface area contributed by atoms with Crippen LogP contribution in [0, 0.1) is 5.41 Å². The molecule has 0 aromatic carbocycles. The van der Waals surface area contributed by atoms with Crippen LogP contribution in [-0.4, -0.2) is 29.4 Å². The van der Waals surface area contributed by atoms with Crippen LogP contribution in [0.15, 0.2) is 0 Å². The summed E-state index contributed by atoms with van der Waals surface area (Å²) >= 11 is 1.66. The van der Waals surface area contributed by atoms with E-state index in [0.29, 0.717) is 6.61 Å². The number of hydrogen-bond acceptors (Lipinski definition) is 4. The number of esters is 1. The number of Topliss-reactive ketones (excluding diaryl/α,β-unsaturated/α-hetero) is 1. The molecule has 86 valence electrons. The van der Waals surface area contributed by atoms with Crippen LogP contribution in [0.3, 0.4) is 0 Å². The second-order valence-electron chi connectivity index (χ2n) is 4.21. The lowest BCUT2D eigenvalue weighted by atomic mass is 9.85. The first-order valence-corrected chi connectivity index (χ1v) is 6.38. The molecular weight excluding hydrogens is 212 g/mol. The van der Waals surface area contributed by atoms with E-state index in [4.69, 9.17) is 4.74 Å². The standard InChI is InChI=1S/C11H18O3S/c1-4-14-10(13)11(2,3)9(12)8-6-5-7-15-8/h8H,4-7H2,1-3H3. The molecule has 0 aromatic rings. The molecule has 0 aromatic heterocycles. The van der Waals surface area contributed by atoms with Gasteiger partial charge in [-0.3, -0.25) is 9.59 Å². The highest BCUT2D eigenvalue weighted by atomic mass is 32.2. The minimum atomic E-state index is -0.988. The van der Waals surface area contributed by atoms with Gasteiger partial charge in [0.15, 0.2) is 5.78 Å². The number of ether oxygens (including phenoxy) is 1. The largest absolute Gasteiger partial charge is 0.465 e. The average molecular weight is 230 g/mol. The summed E-state index contributed by atoms with van der Waals surface area (Å²) in [6, 6.07) is 0. The Hall–Kier alpha value is -0.510. The maximum Gasteiger partial charge on any atom is 0.319 e. The predicted molar refractivity (Wildman–Crippen MR) is 60.9 cm³/mol. The van der Waals surface area contributed by atoms with Crippen molar-refractivity contribution in [2.45, 2.75) is 38.9 Å². The molecule has 1 aliphatic rings. The molecule has 3 nitrogen and oxygen atoms in total. The molecule has 1 aliphatic heterocycles. The Bertz CT molecular complexity index is 255. The van der Waals surface area contributed by atoms with Gasteiger partial charge >= 0.3 is 5.97 Å². The van der Waals surface area contributed by atoms with Gasteiger partial charge in [0, 0.05) is 0 Å². The molecule has 0 radical (unpaired) electrons. The summed E-state index contributed by atoms with van der Waals surface area (Å²) in [6.45, 7) is 5.40. The normalized spacial score (nSPS) is 21.4. The molecule has 4 heteroatoms. The van der Waals surface area contributed by atoms with Gasteiger partial charge in [-0.1, -0.05) is 0 Å². The SMILES string of the molecule is CCOC(=O)C(C)(C)C(=O)C1CCCS1. The van der Waals surface area contributed by atoms with E-state index in [0.717, 1.165) is 18.6 Å². The summed E-state index contributed by atoms with van der Waals surface area (Å²) in [5, 5.41) is -0.00981. The van der Waals surface area contributed by atoms with E-state index in [1.807, 2.05) is 0 Å². The molecule has 0 aliphatic carbocycles. The fourth-order valence-electron chi connectivity index (χ4n) is 1.60. The van der Waals surface area contributed by atoms with Gasteiger partial charge in [-0.2, -0.15) is 11.8 Å². The van der Waals surface area contributed by atoms with Crippen LogP contribution in [-0.2, 0) is 14.3 Å². The Kier molecular flexibility index (Phi) is 4.20. The zero-order chi connectivity index (χ0) is 11.5. The Morgan fingerprint density at radius 3 is 2.60 bits per heavy atom. The van der Waals surface area contributed by atoms with E-state index >= 15 is 0 Å². The highest BCUT2D eigenvalue weighted by molar-refractivity contribution is 8.00. The van der Waals surface area contributed by atoms with Crippen LogP contribution in [0.4, 0.5) is 0 Å². The molecular formula is C11H18O3S. The third kappa shape index (κ3) is 2.74. The van der Waals surface area contributed by atoms with Crippen molar-refractivity contribution in [1.82, 2.24) is 0 Å². The van der Waals surface area contributed by atoms with Crippen LogP contribution in [0.25, 0.3) is 0 Å². The molecule has 1 rings (SSSR count). The minimum absolute atomic E-state index is 0.00981. The van der Waals surface area contributed by atoms with E-state index in [2.05, 4.69) is 0 Å². The lowest BCUT2D eigenvalue weighted by Crippen LogP contribution is -2.39. The first kappa shape index (κ1) is 12.6. The Balaban J connectivity index is 2.66. The van der Waals surface area contributed by atoms with Gasteiger partial charge in [-0.05, 0) is 39.4 Å². The lowest BCUT2D eigenvalue weighted by molar-refractivity contribution is -0.157. The first-order chi connectivity index (χ1) is 7.00. The molecule has 1 fully saturated rings. The monoisotopic (exact) mass is 230 g/mol. The van der Waals surface area contributed by atoms with Gasteiger partial charge in [0.2, 0.25) is 0 Å². The van der Waals surface area contributed by atoms with Gasteiger partial charge < -0.3 is 4.74 Å². The number of rotatable bonds is 4. The Morgan fingerprint density at radius 1 is 1.47 bits per heavy atom. The van der Waals surface area contributed by atoms with Crippen molar-refractivity contribution in [3.63, 3.8) is 0 Å². The van der Waals surface area contributed by atoms with Crippen LogP contribution in [0.2, 0.25) is 0 Å². The summed E-state index contributed by atoms with van der Waals surface area (Å²) in [5.41, 5.74) is -0.988. The quantitative estimate of drug-likeness (QED) is 0.547. The van der Waals surface area contributed by atoms with E-state index in [-0.39, 0.29) is 11.0 Å². The molecule has 0 bridgehead atoms. The highest BCUT2D eigenvalue weighted by Gasteiger charge is 2.42. The number of thioether (sulfide) groups is 1. The van der Waals surface area contributed by atoms with Gasteiger partial charge in [0.05, 0.1) is 11.9 Å². The molecule has 1 unspecified atom stereocenters. The predicted octanol–water partition coefficient (Wildman–Crippen LogP) is 2.04. The van der Waals surface area contributed by atoms with E-state index in [1.54, 1.807) is 32.5 Å². The van der Waals surface area contributed by atoms with Crippen molar-refractivity contribution >= 4 is 23.5 Å². The van der Waals surface area contributed by atoms with Gasteiger partial charge in [0.1, 0.15) is 5.41 Å². The molecule has 15 heavy (non-hydrogen) atoms. The van der Waals surface area contributed by atoms with Crippen molar-refractivity contribution in [2.75, 3.05) is 12.4 Å². The zero-order valence-electron chi connectivity index (χ0n) is 9.54. The summed E-state index contributed by atoms with van der Waals surface area (Å²) in [5.74, 6) is 0.640.